The maximum absolute atomic E-state index is 13.5. The van der Waals surface area contributed by atoms with Gasteiger partial charge in [-0.05, 0) is 49.2 Å². The standard InChI is InChI=1S/C24H31NO6/c1-15(26)21-20(24(2,30-5)31-6)23(27)25(21)22(16-7-11-18(28-3)12-8-16)17-9-13-19(29-4)14-10-17/h7-15,20-22,26H,1-6H3/t15-,20+,21+/m0/s1. The molecule has 1 saturated heterocycles. The van der Waals surface area contributed by atoms with Crippen molar-refractivity contribution in [3.05, 3.63) is 59.7 Å². The molecule has 0 saturated carbocycles. The molecule has 0 spiro atoms. The van der Waals surface area contributed by atoms with Crippen LogP contribution in [0.3, 0.4) is 0 Å². The molecule has 3 rings (SSSR count). The number of amides is 1. The van der Waals surface area contributed by atoms with E-state index in [4.69, 9.17) is 18.9 Å². The van der Waals surface area contributed by atoms with Gasteiger partial charge in [0.25, 0.3) is 0 Å². The lowest BCUT2D eigenvalue weighted by Crippen LogP contribution is -2.72. The van der Waals surface area contributed by atoms with Gasteiger partial charge in [-0.3, -0.25) is 4.79 Å². The average Bonchev–Trinajstić information content (AvgIpc) is 2.80. The van der Waals surface area contributed by atoms with E-state index in [0.717, 1.165) is 22.6 Å². The van der Waals surface area contributed by atoms with E-state index >= 15 is 0 Å². The van der Waals surface area contributed by atoms with Gasteiger partial charge in [-0.15, -0.1) is 0 Å². The van der Waals surface area contributed by atoms with Gasteiger partial charge in [0, 0.05) is 14.2 Å². The van der Waals surface area contributed by atoms with Crippen LogP contribution in [0.1, 0.15) is 31.0 Å². The monoisotopic (exact) mass is 429 g/mol. The molecule has 168 valence electrons. The highest BCUT2D eigenvalue weighted by molar-refractivity contribution is 5.88. The first-order valence-electron chi connectivity index (χ1n) is 10.2. The van der Waals surface area contributed by atoms with E-state index in [1.807, 2.05) is 48.5 Å². The topological polar surface area (TPSA) is 77.5 Å². The molecular formula is C24H31NO6. The van der Waals surface area contributed by atoms with Gasteiger partial charge in [-0.2, -0.15) is 0 Å². The number of aliphatic hydroxyl groups is 1. The van der Waals surface area contributed by atoms with Gasteiger partial charge in [-0.25, -0.2) is 0 Å². The Hall–Kier alpha value is -2.61. The molecule has 0 radical (unpaired) electrons. The van der Waals surface area contributed by atoms with Crippen LogP contribution in [0.15, 0.2) is 48.5 Å². The molecule has 1 heterocycles. The molecule has 2 aromatic rings. The highest BCUT2D eigenvalue weighted by Gasteiger charge is 2.61. The van der Waals surface area contributed by atoms with E-state index in [1.165, 1.54) is 14.2 Å². The lowest BCUT2D eigenvalue weighted by atomic mass is 9.75. The second-order valence-corrected chi connectivity index (χ2v) is 7.83. The fourth-order valence-electron chi connectivity index (χ4n) is 4.30. The van der Waals surface area contributed by atoms with Crippen LogP contribution in [0.4, 0.5) is 0 Å². The second kappa shape index (κ2) is 9.26. The van der Waals surface area contributed by atoms with Crippen molar-refractivity contribution in [2.45, 2.75) is 37.8 Å². The maximum atomic E-state index is 13.5. The quantitative estimate of drug-likeness (QED) is 0.488. The van der Waals surface area contributed by atoms with Crippen molar-refractivity contribution in [1.82, 2.24) is 4.90 Å². The number of ether oxygens (including phenoxy) is 4. The summed E-state index contributed by atoms with van der Waals surface area (Å²) in [4.78, 5) is 15.2. The summed E-state index contributed by atoms with van der Waals surface area (Å²) >= 11 is 0. The van der Waals surface area contributed by atoms with Crippen LogP contribution < -0.4 is 9.47 Å². The Morgan fingerprint density at radius 2 is 1.29 bits per heavy atom. The number of β-lactam (4-membered cyclic amide) rings is 1. The van der Waals surface area contributed by atoms with Gasteiger partial charge in [0.1, 0.15) is 17.4 Å². The van der Waals surface area contributed by atoms with Crippen molar-refractivity contribution in [1.29, 1.82) is 0 Å². The van der Waals surface area contributed by atoms with Crippen LogP contribution >= 0.6 is 0 Å². The zero-order chi connectivity index (χ0) is 22.8. The van der Waals surface area contributed by atoms with E-state index in [0.29, 0.717) is 0 Å². The zero-order valence-corrected chi connectivity index (χ0v) is 18.9. The summed E-state index contributed by atoms with van der Waals surface area (Å²) in [5, 5.41) is 10.6. The van der Waals surface area contributed by atoms with Gasteiger partial charge >= 0.3 is 0 Å². The molecule has 1 N–H and O–H groups in total. The zero-order valence-electron chi connectivity index (χ0n) is 18.9. The van der Waals surface area contributed by atoms with Crippen LogP contribution in [0.2, 0.25) is 0 Å². The normalized spacial score (nSPS) is 19.9. The second-order valence-electron chi connectivity index (χ2n) is 7.83. The molecule has 0 aliphatic carbocycles. The number of rotatable bonds is 9. The summed E-state index contributed by atoms with van der Waals surface area (Å²) in [6.45, 7) is 3.40. The first-order valence-corrected chi connectivity index (χ1v) is 10.2. The third-order valence-corrected chi connectivity index (χ3v) is 6.19. The maximum Gasteiger partial charge on any atom is 0.234 e. The molecule has 31 heavy (non-hydrogen) atoms. The number of carbonyl (C=O) groups excluding carboxylic acids is 1. The number of benzene rings is 2. The third kappa shape index (κ3) is 4.13. The Morgan fingerprint density at radius 1 is 0.871 bits per heavy atom. The Morgan fingerprint density at radius 3 is 1.61 bits per heavy atom. The molecule has 1 amide bonds. The van der Waals surface area contributed by atoms with Crippen LogP contribution in [-0.4, -0.2) is 62.3 Å². The first kappa shape index (κ1) is 23.1. The van der Waals surface area contributed by atoms with E-state index < -0.39 is 29.9 Å². The molecule has 1 aliphatic heterocycles. The first-order chi connectivity index (χ1) is 14.8. The molecule has 0 aromatic heterocycles. The summed E-state index contributed by atoms with van der Waals surface area (Å²) in [6, 6.07) is 14.3. The van der Waals surface area contributed by atoms with Gasteiger partial charge < -0.3 is 29.0 Å². The van der Waals surface area contributed by atoms with E-state index in [9.17, 15) is 9.90 Å². The summed E-state index contributed by atoms with van der Waals surface area (Å²) in [7, 11) is 6.23. The van der Waals surface area contributed by atoms with Crippen LogP contribution in [0.5, 0.6) is 11.5 Å². The molecule has 1 aliphatic rings. The molecule has 2 aromatic carbocycles. The van der Waals surface area contributed by atoms with E-state index in [-0.39, 0.29) is 5.91 Å². The minimum Gasteiger partial charge on any atom is -0.497 e. The minimum absolute atomic E-state index is 0.145. The van der Waals surface area contributed by atoms with Crippen molar-refractivity contribution in [2.24, 2.45) is 5.92 Å². The Labute approximate surface area is 183 Å². The predicted octanol–water partition coefficient (Wildman–Crippen LogP) is 3.01. The van der Waals surface area contributed by atoms with Crippen LogP contribution in [0, 0.1) is 5.92 Å². The Balaban J connectivity index is 2.08. The highest BCUT2D eigenvalue weighted by Crippen LogP contribution is 2.46. The van der Waals surface area contributed by atoms with E-state index in [1.54, 1.807) is 33.0 Å². The van der Waals surface area contributed by atoms with Gasteiger partial charge in [0.05, 0.1) is 32.4 Å². The third-order valence-electron chi connectivity index (χ3n) is 6.19. The fourth-order valence-corrected chi connectivity index (χ4v) is 4.30. The van der Waals surface area contributed by atoms with Crippen molar-refractivity contribution in [3.63, 3.8) is 0 Å². The molecule has 1 fully saturated rings. The summed E-state index contributed by atoms with van der Waals surface area (Å²) < 4.78 is 21.6. The average molecular weight is 430 g/mol. The number of carbonyl (C=O) groups is 1. The molecular weight excluding hydrogens is 398 g/mol. The molecule has 0 bridgehead atoms. The largest absolute Gasteiger partial charge is 0.497 e. The lowest BCUT2D eigenvalue weighted by Gasteiger charge is -2.56. The molecule has 7 nitrogen and oxygen atoms in total. The fraction of sp³-hybridized carbons (Fsp3) is 0.458. The molecule has 0 unspecified atom stereocenters. The Kier molecular flexibility index (Phi) is 6.89. The number of methoxy groups -OCH3 is 4. The SMILES string of the molecule is COc1ccc(C(c2ccc(OC)cc2)N2C(=O)[C@H](C(C)(OC)OC)[C@H]2[C@H](C)O)cc1. The lowest BCUT2D eigenvalue weighted by molar-refractivity contribution is -0.266. The molecule has 3 atom stereocenters. The minimum atomic E-state index is -1.14. The smallest absolute Gasteiger partial charge is 0.234 e. The van der Waals surface area contributed by atoms with Gasteiger partial charge in [0.2, 0.25) is 5.91 Å². The van der Waals surface area contributed by atoms with Crippen molar-refractivity contribution >= 4 is 5.91 Å². The summed E-state index contributed by atoms with van der Waals surface area (Å²) in [6.07, 6.45) is -0.786. The summed E-state index contributed by atoms with van der Waals surface area (Å²) in [5.41, 5.74) is 1.81. The van der Waals surface area contributed by atoms with Crippen LogP contribution in [-0.2, 0) is 14.3 Å². The van der Waals surface area contributed by atoms with E-state index in [2.05, 4.69) is 0 Å². The van der Waals surface area contributed by atoms with Crippen molar-refractivity contribution in [3.8, 4) is 11.5 Å². The van der Waals surface area contributed by atoms with Gasteiger partial charge in [0.15, 0.2) is 5.79 Å². The highest BCUT2D eigenvalue weighted by atomic mass is 16.7. The van der Waals surface area contributed by atoms with Crippen molar-refractivity contribution in [2.75, 3.05) is 28.4 Å². The number of likely N-dealkylation sites (tertiary alicyclic amines) is 1. The number of aliphatic hydroxyl groups excluding tert-OH is 1. The number of hydrogen-bond acceptors (Lipinski definition) is 6. The van der Waals surface area contributed by atoms with Gasteiger partial charge in [-0.1, -0.05) is 24.3 Å². The predicted molar refractivity (Wildman–Crippen MR) is 116 cm³/mol. The molecule has 7 heteroatoms. The Bertz CT molecular complexity index is 828. The van der Waals surface area contributed by atoms with Crippen molar-refractivity contribution < 1.29 is 28.8 Å². The number of nitrogens with zero attached hydrogens (tertiary/aromatic N) is 1. The summed E-state index contributed by atoms with van der Waals surface area (Å²) in [5.74, 6) is -0.471. The van der Waals surface area contributed by atoms with Crippen LogP contribution in [0.25, 0.3) is 0 Å². The number of hydrogen-bond donors (Lipinski definition) is 1.